The first kappa shape index (κ1) is 16.0. The molecule has 0 aliphatic heterocycles. The monoisotopic (exact) mass is 324 g/mol. The molecule has 1 N–H and O–H groups in total. The fourth-order valence-electron chi connectivity index (χ4n) is 6.47. The predicted molar refractivity (Wildman–Crippen MR) is 96.0 cm³/mol. The van der Waals surface area contributed by atoms with Gasteiger partial charge in [-0.25, -0.2) is 0 Å². The number of fused-ring (bicyclic) bond motifs is 5. The second-order valence-electron chi connectivity index (χ2n) is 8.68. The van der Waals surface area contributed by atoms with E-state index in [1.807, 2.05) is 0 Å². The lowest BCUT2D eigenvalue weighted by Gasteiger charge is -2.58. The first-order valence-corrected chi connectivity index (χ1v) is 9.25. The quantitative estimate of drug-likeness (QED) is 0.780. The van der Waals surface area contributed by atoms with Crippen LogP contribution in [0.4, 0.5) is 0 Å². The van der Waals surface area contributed by atoms with Crippen molar-refractivity contribution in [3.63, 3.8) is 0 Å². The molecular weight excluding hydrogens is 296 g/mol. The molecule has 0 spiro atoms. The Labute approximate surface area is 145 Å². The highest BCUT2D eigenvalue weighted by atomic mass is 16.5. The zero-order valence-electron chi connectivity index (χ0n) is 15.1. The average molecular weight is 324 g/mol. The molecule has 0 saturated heterocycles. The lowest BCUT2D eigenvalue weighted by Crippen LogP contribution is -2.54. The summed E-state index contributed by atoms with van der Waals surface area (Å²) in [7, 11) is 1.74. The Morgan fingerprint density at radius 3 is 2.71 bits per heavy atom. The Hall–Kier alpha value is -1.46. The van der Waals surface area contributed by atoms with E-state index < -0.39 is 5.60 Å². The maximum Gasteiger partial charge on any atom is 0.130 e. The summed E-state index contributed by atoms with van der Waals surface area (Å²) in [6.45, 7) is 4.70. The summed E-state index contributed by atoms with van der Waals surface area (Å²) in [6.07, 6.45) is 12.0. The summed E-state index contributed by atoms with van der Waals surface area (Å²) in [4.78, 5) is 0. The van der Waals surface area contributed by atoms with Gasteiger partial charge in [-0.2, -0.15) is 0 Å². The average Bonchev–Trinajstić information content (AvgIpc) is 2.87. The molecule has 0 unspecified atom stereocenters. The zero-order valence-corrected chi connectivity index (χ0v) is 15.1. The standard InChI is InChI=1S/C22H28O2/c1-5-22(23)13-10-19-20(2)11-8-15-14-16(24-4)6-7-17(15)18(20)9-12-21(19,22)3/h1,6-7,14,18-19,23H,8-13H2,2-4H3/t18-,19+,20-,21+,22+/m1/s1. The van der Waals surface area contributed by atoms with Crippen molar-refractivity contribution in [1.82, 2.24) is 0 Å². The van der Waals surface area contributed by atoms with Gasteiger partial charge in [0.2, 0.25) is 0 Å². The van der Waals surface area contributed by atoms with Gasteiger partial charge in [-0.05, 0) is 79.0 Å². The van der Waals surface area contributed by atoms with Crippen molar-refractivity contribution in [2.24, 2.45) is 16.7 Å². The number of hydrogen-bond donors (Lipinski definition) is 1. The summed E-state index contributed by atoms with van der Waals surface area (Å²) < 4.78 is 5.41. The normalized spacial score (nSPS) is 43.3. The molecule has 0 aromatic heterocycles. The van der Waals surface area contributed by atoms with Crippen molar-refractivity contribution < 1.29 is 9.84 Å². The number of terminal acetylenes is 1. The van der Waals surface area contributed by atoms with Crippen LogP contribution in [0.15, 0.2) is 18.2 Å². The van der Waals surface area contributed by atoms with Crippen molar-refractivity contribution >= 4 is 0 Å². The number of ether oxygens (including phenoxy) is 1. The van der Waals surface area contributed by atoms with Crippen molar-refractivity contribution in [2.45, 2.75) is 63.9 Å². The molecular formula is C22H28O2. The number of rotatable bonds is 1. The maximum atomic E-state index is 11.1. The van der Waals surface area contributed by atoms with Crippen LogP contribution in [0.5, 0.6) is 5.75 Å². The minimum atomic E-state index is -0.925. The van der Waals surface area contributed by atoms with Crippen molar-refractivity contribution in [2.75, 3.05) is 7.11 Å². The number of aliphatic hydroxyl groups is 1. The van der Waals surface area contributed by atoms with E-state index in [0.717, 1.165) is 37.9 Å². The third kappa shape index (κ3) is 1.83. The fourth-order valence-corrected chi connectivity index (χ4v) is 6.47. The van der Waals surface area contributed by atoms with Crippen LogP contribution < -0.4 is 4.74 Å². The van der Waals surface area contributed by atoms with E-state index in [-0.39, 0.29) is 10.8 Å². The van der Waals surface area contributed by atoms with Crippen LogP contribution in [-0.4, -0.2) is 17.8 Å². The van der Waals surface area contributed by atoms with Gasteiger partial charge in [-0.3, -0.25) is 0 Å². The molecule has 2 saturated carbocycles. The second-order valence-corrected chi connectivity index (χ2v) is 8.68. The van der Waals surface area contributed by atoms with Crippen LogP contribution in [-0.2, 0) is 6.42 Å². The van der Waals surface area contributed by atoms with Crippen LogP contribution in [0.25, 0.3) is 0 Å². The van der Waals surface area contributed by atoms with Crippen molar-refractivity contribution in [1.29, 1.82) is 0 Å². The van der Waals surface area contributed by atoms with Crippen LogP contribution in [0.3, 0.4) is 0 Å². The van der Waals surface area contributed by atoms with E-state index >= 15 is 0 Å². The molecule has 3 aliphatic rings. The molecule has 2 nitrogen and oxygen atoms in total. The fraction of sp³-hybridized carbons (Fsp3) is 0.636. The molecule has 4 rings (SSSR count). The topological polar surface area (TPSA) is 29.5 Å². The zero-order chi connectivity index (χ0) is 17.2. The van der Waals surface area contributed by atoms with Crippen molar-refractivity contribution in [3.8, 4) is 18.1 Å². The Balaban J connectivity index is 1.76. The molecule has 0 heterocycles. The van der Waals surface area contributed by atoms with Gasteiger partial charge in [0.25, 0.3) is 0 Å². The number of hydrogen-bond acceptors (Lipinski definition) is 2. The summed E-state index contributed by atoms with van der Waals surface area (Å²) in [6, 6.07) is 6.60. The van der Waals surface area contributed by atoms with Gasteiger partial charge in [0.15, 0.2) is 0 Å². The summed E-state index contributed by atoms with van der Waals surface area (Å²) in [5.74, 6) is 4.80. The van der Waals surface area contributed by atoms with E-state index in [1.165, 1.54) is 17.5 Å². The molecule has 0 bridgehead atoms. The lowest BCUT2D eigenvalue weighted by atomic mass is 9.47. The minimum Gasteiger partial charge on any atom is -0.497 e. The van der Waals surface area contributed by atoms with E-state index in [2.05, 4.69) is 38.0 Å². The molecule has 0 amide bonds. The molecule has 1 aromatic rings. The third-order valence-electron chi connectivity index (χ3n) is 7.95. The second kappa shape index (κ2) is 5.02. The lowest BCUT2D eigenvalue weighted by molar-refractivity contribution is -0.0967. The van der Waals surface area contributed by atoms with Gasteiger partial charge in [-0.15, -0.1) is 6.42 Å². The molecule has 2 fully saturated rings. The van der Waals surface area contributed by atoms with Crippen LogP contribution in [0, 0.1) is 29.1 Å². The Bertz CT molecular complexity index is 717. The molecule has 2 heteroatoms. The molecule has 5 atom stereocenters. The van der Waals surface area contributed by atoms with E-state index in [0.29, 0.717) is 11.8 Å². The Morgan fingerprint density at radius 2 is 2.00 bits per heavy atom. The van der Waals surface area contributed by atoms with Crippen LogP contribution in [0.2, 0.25) is 0 Å². The summed E-state index contributed by atoms with van der Waals surface area (Å²) in [5, 5.41) is 11.1. The SMILES string of the molecule is C#C[C@]1(O)CC[C@H]2[C@]3(C)CCc4cc(OC)ccc4[C@H]3CC[C@@]21C. The highest BCUT2D eigenvalue weighted by Gasteiger charge is 2.64. The van der Waals surface area contributed by atoms with Gasteiger partial charge in [0.05, 0.1) is 7.11 Å². The van der Waals surface area contributed by atoms with E-state index in [1.54, 1.807) is 7.11 Å². The first-order chi connectivity index (χ1) is 11.4. The molecule has 24 heavy (non-hydrogen) atoms. The maximum absolute atomic E-state index is 11.1. The van der Waals surface area contributed by atoms with Gasteiger partial charge >= 0.3 is 0 Å². The van der Waals surface area contributed by atoms with Crippen LogP contribution >= 0.6 is 0 Å². The number of aryl methyl sites for hydroxylation is 1. The van der Waals surface area contributed by atoms with Gasteiger partial charge in [0.1, 0.15) is 11.4 Å². The molecule has 128 valence electrons. The number of methoxy groups -OCH3 is 1. The molecule has 0 radical (unpaired) electrons. The highest BCUT2D eigenvalue weighted by Crippen LogP contribution is 2.69. The summed E-state index contributed by atoms with van der Waals surface area (Å²) in [5.41, 5.74) is 2.12. The van der Waals surface area contributed by atoms with Gasteiger partial charge in [-0.1, -0.05) is 25.8 Å². The first-order valence-electron chi connectivity index (χ1n) is 9.25. The highest BCUT2D eigenvalue weighted by molar-refractivity contribution is 5.42. The Kier molecular flexibility index (Phi) is 3.35. The molecule has 3 aliphatic carbocycles. The largest absolute Gasteiger partial charge is 0.497 e. The Morgan fingerprint density at radius 1 is 1.21 bits per heavy atom. The smallest absolute Gasteiger partial charge is 0.130 e. The van der Waals surface area contributed by atoms with Gasteiger partial charge in [0, 0.05) is 5.41 Å². The number of benzene rings is 1. The van der Waals surface area contributed by atoms with E-state index in [4.69, 9.17) is 11.2 Å². The van der Waals surface area contributed by atoms with Crippen LogP contribution in [0.1, 0.15) is 63.0 Å². The summed E-state index contributed by atoms with van der Waals surface area (Å²) >= 11 is 0. The third-order valence-corrected chi connectivity index (χ3v) is 7.95. The predicted octanol–water partition coefficient (Wildman–Crippen LogP) is 4.31. The molecule has 1 aromatic carbocycles. The van der Waals surface area contributed by atoms with E-state index in [9.17, 15) is 5.11 Å². The van der Waals surface area contributed by atoms with Crippen molar-refractivity contribution in [3.05, 3.63) is 29.3 Å². The van der Waals surface area contributed by atoms with Gasteiger partial charge < -0.3 is 9.84 Å². The minimum absolute atomic E-state index is 0.142.